The first-order valence-electron chi connectivity index (χ1n) is 11.8. The Morgan fingerprint density at radius 2 is 1.94 bits per heavy atom. The summed E-state index contributed by atoms with van der Waals surface area (Å²) in [7, 11) is 0. The molecule has 2 aromatic rings. The van der Waals surface area contributed by atoms with Gasteiger partial charge in [-0.25, -0.2) is 9.37 Å². The molecule has 2 heterocycles. The highest BCUT2D eigenvalue weighted by Crippen LogP contribution is 2.45. The number of nitrogens with two attached hydrogens (primary N) is 1. The van der Waals surface area contributed by atoms with Crippen LogP contribution in [0.2, 0.25) is 0 Å². The molecule has 0 radical (unpaired) electrons. The summed E-state index contributed by atoms with van der Waals surface area (Å²) in [5.41, 5.74) is 8.72. The third kappa shape index (κ3) is 4.32. The van der Waals surface area contributed by atoms with Crippen molar-refractivity contribution in [1.82, 2.24) is 9.97 Å². The zero-order chi connectivity index (χ0) is 24.0. The molecule has 1 aromatic carbocycles. The molecule has 2 bridgehead atoms. The lowest BCUT2D eigenvalue weighted by molar-refractivity contribution is -0.122. The molecule has 180 valence electrons. The number of hydrogen-bond donors (Lipinski definition) is 3. The third-order valence-electron chi connectivity index (χ3n) is 7.05. The lowest BCUT2D eigenvalue weighted by atomic mass is 9.88. The third-order valence-corrected chi connectivity index (χ3v) is 7.05. The van der Waals surface area contributed by atoms with E-state index in [-0.39, 0.29) is 53.7 Å². The van der Waals surface area contributed by atoms with Gasteiger partial charge in [-0.2, -0.15) is 4.98 Å². The number of amides is 1. The fourth-order valence-corrected chi connectivity index (χ4v) is 5.69. The fraction of sp³-hybridized carbons (Fsp3) is 0.480. The van der Waals surface area contributed by atoms with Crippen LogP contribution in [-0.2, 0) is 9.53 Å². The van der Waals surface area contributed by atoms with Crippen molar-refractivity contribution in [2.75, 3.05) is 28.6 Å². The summed E-state index contributed by atoms with van der Waals surface area (Å²) in [6, 6.07) is 5.80. The highest BCUT2D eigenvalue weighted by molar-refractivity contribution is 5.79. The minimum absolute atomic E-state index is 0.0688. The van der Waals surface area contributed by atoms with E-state index in [0.717, 1.165) is 42.6 Å². The Kier molecular flexibility index (Phi) is 5.89. The summed E-state index contributed by atoms with van der Waals surface area (Å²) in [6.07, 6.45) is 6.44. The van der Waals surface area contributed by atoms with Crippen molar-refractivity contribution >= 4 is 29.0 Å². The minimum Gasteiger partial charge on any atom is -0.372 e. The summed E-state index contributed by atoms with van der Waals surface area (Å²) < 4.78 is 20.4. The smallest absolute Gasteiger partial charge is 0.229 e. The number of fused-ring (bicyclic) bond motifs is 2. The Morgan fingerprint density at radius 3 is 2.65 bits per heavy atom. The van der Waals surface area contributed by atoms with E-state index in [2.05, 4.69) is 58.4 Å². The van der Waals surface area contributed by atoms with Gasteiger partial charge in [-0.1, -0.05) is 12.2 Å². The highest BCUT2D eigenvalue weighted by atomic mass is 19.1. The second-order valence-electron chi connectivity index (χ2n) is 9.73. The van der Waals surface area contributed by atoms with Crippen LogP contribution in [0.25, 0.3) is 0 Å². The Hall–Kier alpha value is -3.20. The normalized spacial score (nSPS) is 29.9. The molecule has 4 N–H and O–H groups in total. The SMILES string of the molecule is Cc1cc(Nc2ncc(F)c(NC3C4C=CC(C4)C3C(N)=O)n2)ccc1N1CC(C)OC(C)C1. The molecule has 1 amide bonds. The molecule has 8 nitrogen and oxygen atoms in total. The largest absolute Gasteiger partial charge is 0.372 e. The van der Waals surface area contributed by atoms with Crippen LogP contribution in [0.5, 0.6) is 0 Å². The molecule has 1 aromatic heterocycles. The van der Waals surface area contributed by atoms with Gasteiger partial charge in [0, 0.05) is 30.5 Å². The van der Waals surface area contributed by atoms with Gasteiger partial charge in [-0.3, -0.25) is 4.79 Å². The second kappa shape index (κ2) is 8.87. The van der Waals surface area contributed by atoms with Crippen LogP contribution < -0.4 is 21.3 Å². The van der Waals surface area contributed by atoms with E-state index in [1.165, 1.54) is 0 Å². The Labute approximate surface area is 198 Å². The predicted molar refractivity (Wildman–Crippen MR) is 130 cm³/mol. The van der Waals surface area contributed by atoms with E-state index >= 15 is 0 Å². The number of aryl methyl sites for hydroxylation is 1. The molecule has 1 saturated heterocycles. The summed E-state index contributed by atoms with van der Waals surface area (Å²) >= 11 is 0. The minimum atomic E-state index is -0.567. The lowest BCUT2D eigenvalue weighted by Gasteiger charge is -2.37. The Bertz CT molecular complexity index is 1110. The molecule has 5 rings (SSSR count). The van der Waals surface area contributed by atoms with Crippen molar-refractivity contribution in [3.05, 3.63) is 47.9 Å². The molecular weight excluding hydrogens is 435 g/mol. The number of primary amides is 1. The number of morpholine rings is 1. The number of anilines is 4. The molecule has 2 aliphatic carbocycles. The number of aromatic nitrogens is 2. The summed E-state index contributed by atoms with van der Waals surface area (Å²) in [5.74, 6) is -0.736. The van der Waals surface area contributed by atoms with Crippen LogP contribution >= 0.6 is 0 Å². The first-order valence-corrected chi connectivity index (χ1v) is 11.8. The van der Waals surface area contributed by atoms with Gasteiger partial charge < -0.3 is 26.0 Å². The number of ether oxygens (including phenoxy) is 1. The zero-order valence-corrected chi connectivity index (χ0v) is 19.7. The van der Waals surface area contributed by atoms with Crippen LogP contribution in [0.3, 0.4) is 0 Å². The number of carbonyl (C=O) groups is 1. The van der Waals surface area contributed by atoms with Gasteiger partial charge in [0.05, 0.1) is 24.3 Å². The van der Waals surface area contributed by atoms with Crippen LogP contribution in [0.4, 0.5) is 27.5 Å². The van der Waals surface area contributed by atoms with Gasteiger partial charge in [0.15, 0.2) is 11.6 Å². The first-order chi connectivity index (χ1) is 16.3. The maximum Gasteiger partial charge on any atom is 0.229 e. The molecule has 6 unspecified atom stereocenters. The van der Waals surface area contributed by atoms with E-state index in [1.54, 1.807) is 0 Å². The summed E-state index contributed by atoms with van der Waals surface area (Å²) in [4.78, 5) is 22.8. The van der Waals surface area contributed by atoms with Gasteiger partial charge in [-0.05, 0) is 62.8 Å². The number of carbonyl (C=O) groups excluding carboxylic acids is 1. The highest BCUT2D eigenvalue weighted by Gasteiger charge is 2.47. The number of benzene rings is 1. The topological polar surface area (TPSA) is 105 Å². The number of hydrogen-bond acceptors (Lipinski definition) is 7. The Morgan fingerprint density at radius 1 is 1.21 bits per heavy atom. The zero-order valence-electron chi connectivity index (χ0n) is 19.7. The first kappa shape index (κ1) is 22.6. The van der Waals surface area contributed by atoms with E-state index in [4.69, 9.17) is 10.5 Å². The van der Waals surface area contributed by atoms with Crippen LogP contribution in [0.15, 0.2) is 36.5 Å². The lowest BCUT2D eigenvalue weighted by Crippen LogP contribution is -2.45. The van der Waals surface area contributed by atoms with E-state index in [0.29, 0.717) is 0 Å². The molecule has 6 atom stereocenters. The molecule has 3 aliphatic rings. The monoisotopic (exact) mass is 466 g/mol. The second-order valence-corrected chi connectivity index (χ2v) is 9.73. The van der Waals surface area contributed by atoms with Crippen molar-refractivity contribution in [2.24, 2.45) is 23.5 Å². The Balaban J connectivity index is 1.32. The number of rotatable bonds is 6. The molecular formula is C25H31FN6O2. The predicted octanol–water partition coefficient (Wildman–Crippen LogP) is 3.37. The van der Waals surface area contributed by atoms with Crippen molar-refractivity contribution in [3.63, 3.8) is 0 Å². The maximum absolute atomic E-state index is 14.6. The molecule has 1 aliphatic heterocycles. The molecule has 2 fully saturated rings. The maximum atomic E-state index is 14.6. The van der Waals surface area contributed by atoms with Crippen LogP contribution in [-0.4, -0.2) is 47.2 Å². The standard InChI is InChI=1S/C25H31FN6O2/c1-13-8-18(6-7-20(13)32-11-14(2)34-15(3)12-32)29-25-28-10-19(26)24(31-25)30-22-17-5-4-16(9-17)21(22)23(27)33/h4-8,10,14-17,21-22H,9,11-12H2,1-3H3,(H2,27,33)(H2,28,29,30,31). The van der Waals surface area contributed by atoms with Crippen LogP contribution in [0.1, 0.15) is 25.8 Å². The average Bonchev–Trinajstić information content (AvgIpc) is 3.37. The van der Waals surface area contributed by atoms with Crippen molar-refractivity contribution in [3.8, 4) is 0 Å². The number of allylic oxidation sites excluding steroid dienone is 1. The van der Waals surface area contributed by atoms with Crippen LogP contribution in [0, 0.1) is 30.5 Å². The molecule has 34 heavy (non-hydrogen) atoms. The van der Waals surface area contributed by atoms with Gasteiger partial charge >= 0.3 is 0 Å². The summed E-state index contributed by atoms with van der Waals surface area (Å²) in [6.45, 7) is 7.93. The van der Waals surface area contributed by atoms with Gasteiger partial charge in [0.1, 0.15) is 0 Å². The van der Waals surface area contributed by atoms with E-state index < -0.39 is 5.82 Å². The van der Waals surface area contributed by atoms with Crippen molar-refractivity contribution in [2.45, 2.75) is 45.4 Å². The molecule has 1 saturated carbocycles. The number of nitrogens with zero attached hydrogens (tertiary/aromatic N) is 3. The fourth-order valence-electron chi connectivity index (χ4n) is 5.69. The molecule has 0 spiro atoms. The number of nitrogens with one attached hydrogen (secondary N) is 2. The quantitative estimate of drug-likeness (QED) is 0.561. The summed E-state index contributed by atoms with van der Waals surface area (Å²) in [5, 5.41) is 6.31. The molecule has 9 heteroatoms. The van der Waals surface area contributed by atoms with E-state index in [1.807, 2.05) is 18.2 Å². The van der Waals surface area contributed by atoms with Crippen molar-refractivity contribution in [1.29, 1.82) is 0 Å². The van der Waals surface area contributed by atoms with Crippen molar-refractivity contribution < 1.29 is 13.9 Å². The average molecular weight is 467 g/mol. The van der Waals surface area contributed by atoms with Gasteiger partial charge in [0.2, 0.25) is 11.9 Å². The van der Waals surface area contributed by atoms with Gasteiger partial charge in [-0.15, -0.1) is 0 Å². The number of halogens is 1. The van der Waals surface area contributed by atoms with E-state index in [9.17, 15) is 9.18 Å². The van der Waals surface area contributed by atoms with Gasteiger partial charge in [0.25, 0.3) is 0 Å².